The molecule has 8 heteroatoms. The maximum Gasteiger partial charge on any atom is 0.276 e. The number of hydrogen-bond acceptors (Lipinski definition) is 4. The Morgan fingerprint density at radius 3 is 2.15 bits per heavy atom. The summed E-state index contributed by atoms with van der Waals surface area (Å²) in [5.41, 5.74) is 2.45. The van der Waals surface area contributed by atoms with Gasteiger partial charge in [0.25, 0.3) is 5.91 Å². The zero-order chi connectivity index (χ0) is 24.3. The van der Waals surface area contributed by atoms with Crippen LogP contribution in [0.2, 0.25) is 0 Å². The van der Waals surface area contributed by atoms with Gasteiger partial charge < -0.3 is 5.32 Å². The molecule has 174 valence electrons. The van der Waals surface area contributed by atoms with Crippen LogP contribution < -0.4 is 10.0 Å². The third-order valence-electron chi connectivity index (χ3n) is 4.86. The highest BCUT2D eigenvalue weighted by molar-refractivity contribution is 7.89. The Balaban J connectivity index is 1.65. The van der Waals surface area contributed by atoms with Gasteiger partial charge in [-0.3, -0.25) is 4.79 Å². The van der Waals surface area contributed by atoms with E-state index in [1.807, 2.05) is 60.7 Å². The molecule has 4 rings (SSSR count). The van der Waals surface area contributed by atoms with Crippen LogP contribution in [-0.4, -0.2) is 29.6 Å². The minimum Gasteiger partial charge on any atom is -0.321 e. The molecule has 0 saturated heterocycles. The fraction of sp³-hybridized carbons (Fsp3) is 0.154. The van der Waals surface area contributed by atoms with Gasteiger partial charge in [0.15, 0.2) is 5.69 Å². The van der Waals surface area contributed by atoms with E-state index in [2.05, 4.69) is 15.1 Å². The van der Waals surface area contributed by atoms with E-state index in [-0.39, 0.29) is 10.6 Å². The first kappa shape index (κ1) is 23.4. The highest BCUT2D eigenvalue weighted by atomic mass is 32.2. The lowest BCUT2D eigenvalue weighted by molar-refractivity contribution is 0.102. The molecule has 0 radical (unpaired) electrons. The van der Waals surface area contributed by atoms with E-state index in [0.29, 0.717) is 5.69 Å². The summed E-state index contributed by atoms with van der Waals surface area (Å²) in [4.78, 5) is 13.1. The lowest BCUT2D eigenvalue weighted by Crippen LogP contribution is -2.40. The largest absolute Gasteiger partial charge is 0.321 e. The number of aromatic nitrogens is 2. The Kier molecular flexibility index (Phi) is 6.37. The molecule has 1 heterocycles. The summed E-state index contributed by atoms with van der Waals surface area (Å²) in [6.45, 7) is 5.30. The quantitative estimate of drug-likeness (QED) is 0.417. The number of nitrogens with zero attached hydrogens (tertiary/aromatic N) is 2. The van der Waals surface area contributed by atoms with Crippen molar-refractivity contribution in [2.75, 3.05) is 5.32 Å². The average molecular weight is 475 g/mol. The molecule has 0 bridgehead atoms. The van der Waals surface area contributed by atoms with E-state index in [1.54, 1.807) is 43.7 Å². The predicted molar refractivity (Wildman–Crippen MR) is 133 cm³/mol. The summed E-state index contributed by atoms with van der Waals surface area (Å²) in [5, 5.41) is 7.32. The first-order valence-electron chi connectivity index (χ1n) is 10.8. The van der Waals surface area contributed by atoms with Crippen LogP contribution in [0.5, 0.6) is 0 Å². The molecule has 0 saturated carbocycles. The van der Waals surface area contributed by atoms with Gasteiger partial charge in [-0.05, 0) is 57.2 Å². The highest BCUT2D eigenvalue weighted by Gasteiger charge is 2.23. The zero-order valence-electron chi connectivity index (χ0n) is 19.2. The van der Waals surface area contributed by atoms with E-state index in [1.165, 1.54) is 12.1 Å². The third kappa shape index (κ3) is 5.41. The van der Waals surface area contributed by atoms with E-state index in [0.717, 1.165) is 16.9 Å². The lowest BCUT2D eigenvalue weighted by Gasteiger charge is -2.20. The Morgan fingerprint density at radius 1 is 0.853 bits per heavy atom. The first-order chi connectivity index (χ1) is 16.1. The molecular weight excluding hydrogens is 448 g/mol. The molecular formula is C26H26N4O3S. The van der Waals surface area contributed by atoms with E-state index in [9.17, 15) is 13.2 Å². The lowest BCUT2D eigenvalue weighted by atomic mass is 10.1. The Bertz CT molecular complexity index is 1350. The molecule has 0 atom stereocenters. The number of hydrogen-bond donors (Lipinski definition) is 2. The topological polar surface area (TPSA) is 93.1 Å². The van der Waals surface area contributed by atoms with Gasteiger partial charge in [0, 0.05) is 16.8 Å². The fourth-order valence-electron chi connectivity index (χ4n) is 3.47. The van der Waals surface area contributed by atoms with Crippen LogP contribution in [0.3, 0.4) is 0 Å². The van der Waals surface area contributed by atoms with E-state index in [4.69, 9.17) is 0 Å². The molecule has 3 aromatic carbocycles. The van der Waals surface area contributed by atoms with Crippen LogP contribution in [0.15, 0.2) is 95.9 Å². The number of benzene rings is 3. The van der Waals surface area contributed by atoms with Gasteiger partial charge in [-0.1, -0.05) is 54.6 Å². The fourth-order valence-corrected chi connectivity index (χ4v) is 4.93. The summed E-state index contributed by atoms with van der Waals surface area (Å²) in [6.07, 6.45) is 0. The van der Waals surface area contributed by atoms with Crippen LogP contribution in [0.4, 0.5) is 5.69 Å². The van der Waals surface area contributed by atoms with Crippen molar-refractivity contribution in [1.82, 2.24) is 14.5 Å². The second-order valence-electron chi connectivity index (χ2n) is 8.87. The van der Waals surface area contributed by atoms with Crippen LogP contribution in [0.25, 0.3) is 16.9 Å². The van der Waals surface area contributed by atoms with Crippen molar-refractivity contribution < 1.29 is 13.2 Å². The SMILES string of the molecule is CC(C)(C)NS(=O)(=O)c1cccc(NC(=O)c2cc(-c3ccccc3)n(-c3ccccc3)n2)c1. The second-order valence-corrected chi connectivity index (χ2v) is 10.5. The predicted octanol–water partition coefficient (Wildman–Crippen LogP) is 4.87. The second kappa shape index (κ2) is 9.24. The number of sulfonamides is 1. The van der Waals surface area contributed by atoms with Crippen LogP contribution in [0.1, 0.15) is 31.3 Å². The summed E-state index contributed by atoms with van der Waals surface area (Å²) in [7, 11) is -3.74. The summed E-state index contributed by atoms with van der Waals surface area (Å²) in [6, 6.07) is 27.1. The van der Waals surface area contributed by atoms with Gasteiger partial charge in [-0.2, -0.15) is 5.10 Å². The number of carbonyl (C=O) groups excluding carboxylic acids is 1. The minimum atomic E-state index is -3.74. The summed E-state index contributed by atoms with van der Waals surface area (Å²) >= 11 is 0. The average Bonchev–Trinajstić information content (AvgIpc) is 3.25. The molecule has 2 N–H and O–H groups in total. The monoisotopic (exact) mass is 474 g/mol. The van der Waals surface area contributed by atoms with Crippen molar-refractivity contribution >= 4 is 21.6 Å². The Morgan fingerprint density at radius 2 is 1.50 bits per heavy atom. The van der Waals surface area contributed by atoms with Gasteiger partial charge in [-0.25, -0.2) is 17.8 Å². The standard InChI is InChI=1S/C26H26N4O3S/c1-26(2,3)29-34(32,33)22-16-10-13-20(17-22)27-25(31)23-18-24(19-11-6-4-7-12-19)30(28-23)21-14-8-5-9-15-21/h4-18,29H,1-3H3,(H,27,31). The molecule has 1 aromatic heterocycles. The first-order valence-corrected chi connectivity index (χ1v) is 12.3. The minimum absolute atomic E-state index is 0.0695. The molecule has 0 spiro atoms. The van der Waals surface area contributed by atoms with Crippen LogP contribution >= 0.6 is 0 Å². The third-order valence-corrected chi connectivity index (χ3v) is 6.61. The molecule has 1 amide bonds. The number of anilines is 1. The van der Waals surface area contributed by atoms with Crippen molar-refractivity contribution in [1.29, 1.82) is 0 Å². The Hall–Kier alpha value is -3.75. The molecule has 0 aliphatic heterocycles. The molecule has 34 heavy (non-hydrogen) atoms. The number of nitrogens with one attached hydrogen (secondary N) is 2. The normalized spacial score (nSPS) is 11.9. The van der Waals surface area contributed by atoms with Gasteiger partial charge in [-0.15, -0.1) is 0 Å². The molecule has 0 unspecified atom stereocenters. The van der Waals surface area contributed by atoms with Gasteiger partial charge in [0.2, 0.25) is 10.0 Å². The van der Waals surface area contributed by atoms with Crippen LogP contribution in [-0.2, 0) is 10.0 Å². The number of amides is 1. The van der Waals surface area contributed by atoms with Crippen molar-refractivity contribution in [3.05, 3.63) is 96.7 Å². The highest BCUT2D eigenvalue weighted by Crippen LogP contribution is 2.25. The summed E-state index contributed by atoms with van der Waals surface area (Å²) < 4.78 is 29.7. The van der Waals surface area contributed by atoms with Gasteiger partial charge in [0.05, 0.1) is 16.3 Å². The van der Waals surface area contributed by atoms with Crippen molar-refractivity contribution in [3.8, 4) is 16.9 Å². The number of carbonyl (C=O) groups is 1. The Labute approximate surface area is 199 Å². The van der Waals surface area contributed by atoms with E-state index >= 15 is 0 Å². The summed E-state index contributed by atoms with van der Waals surface area (Å²) in [5.74, 6) is -0.440. The van der Waals surface area contributed by atoms with Crippen molar-refractivity contribution in [2.24, 2.45) is 0 Å². The van der Waals surface area contributed by atoms with Crippen LogP contribution in [0, 0.1) is 0 Å². The maximum absolute atomic E-state index is 13.1. The van der Waals surface area contributed by atoms with Gasteiger partial charge >= 0.3 is 0 Å². The molecule has 0 fully saturated rings. The van der Waals surface area contributed by atoms with E-state index < -0.39 is 21.5 Å². The smallest absolute Gasteiger partial charge is 0.276 e. The number of para-hydroxylation sites is 1. The van der Waals surface area contributed by atoms with Gasteiger partial charge in [0.1, 0.15) is 0 Å². The van der Waals surface area contributed by atoms with Crippen molar-refractivity contribution in [2.45, 2.75) is 31.2 Å². The molecule has 0 aliphatic rings. The zero-order valence-corrected chi connectivity index (χ0v) is 20.0. The number of rotatable bonds is 6. The molecule has 4 aromatic rings. The molecule has 7 nitrogen and oxygen atoms in total. The molecule has 0 aliphatic carbocycles. The maximum atomic E-state index is 13.1. The van der Waals surface area contributed by atoms with Crippen molar-refractivity contribution in [3.63, 3.8) is 0 Å².